The molecule has 1 aromatic heterocycles. The molecule has 1 saturated carbocycles. The van der Waals surface area contributed by atoms with E-state index in [1.54, 1.807) is 0 Å². The molecule has 1 aromatic carbocycles. The van der Waals surface area contributed by atoms with Gasteiger partial charge in [-0.25, -0.2) is 4.98 Å². The van der Waals surface area contributed by atoms with E-state index in [0.29, 0.717) is 6.04 Å². The van der Waals surface area contributed by atoms with Gasteiger partial charge in [-0.3, -0.25) is 0 Å². The smallest absolute Gasteiger partial charge is 0.246 e. The second-order valence-electron chi connectivity index (χ2n) is 5.38. The highest BCUT2D eigenvalue weighted by Gasteiger charge is 2.31. The summed E-state index contributed by atoms with van der Waals surface area (Å²) in [6.07, 6.45) is 2.40. The van der Waals surface area contributed by atoms with E-state index >= 15 is 0 Å². The fourth-order valence-electron chi connectivity index (χ4n) is 2.14. The Hall–Kier alpha value is -2.17. The molecule has 0 radical (unpaired) electrons. The minimum Gasteiger partial charge on any atom is -0.399 e. The Morgan fingerprint density at radius 2 is 1.80 bits per heavy atom. The summed E-state index contributed by atoms with van der Waals surface area (Å²) < 4.78 is 0. The third kappa shape index (κ3) is 2.71. The van der Waals surface area contributed by atoms with Gasteiger partial charge < -0.3 is 10.6 Å². The van der Waals surface area contributed by atoms with Crippen LogP contribution in [-0.4, -0.2) is 21.2 Å². The molecule has 1 fully saturated rings. The Kier molecular flexibility index (Phi) is 3.26. The molecule has 0 saturated heterocycles. The van der Waals surface area contributed by atoms with Gasteiger partial charge in [0.15, 0.2) is 0 Å². The molecular formula is C15H19N5. The zero-order chi connectivity index (χ0) is 14.1. The Bertz CT molecular complexity index is 604. The quantitative estimate of drug-likeness (QED) is 0.862. The number of nitrogens with two attached hydrogens (primary N) is 1. The maximum atomic E-state index is 5.73. The fourth-order valence-corrected chi connectivity index (χ4v) is 2.14. The van der Waals surface area contributed by atoms with E-state index < -0.39 is 0 Å². The molecule has 0 unspecified atom stereocenters. The summed E-state index contributed by atoms with van der Waals surface area (Å²) in [6, 6.07) is 8.51. The van der Waals surface area contributed by atoms with Crippen molar-refractivity contribution in [2.24, 2.45) is 0 Å². The zero-order valence-electron chi connectivity index (χ0n) is 11.9. The summed E-state index contributed by atoms with van der Waals surface area (Å²) in [6.45, 7) is 4.71. The van der Waals surface area contributed by atoms with Crippen LogP contribution in [0.3, 0.4) is 0 Å². The normalized spacial score (nSPS) is 14.3. The molecule has 0 amide bonds. The van der Waals surface area contributed by atoms with E-state index in [1.165, 1.54) is 18.4 Å². The minimum absolute atomic E-state index is 0.538. The van der Waals surface area contributed by atoms with Crippen LogP contribution in [0.4, 0.5) is 11.6 Å². The predicted molar refractivity (Wildman–Crippen MR) is 79.4 cm³/mol. The molecular weight excluding hydrogens is 250 g/mol. The first-order valence-electron chi connectivity index (χ1n) is 6.92. The zero-order valence-corrected chi connectivity index (χ0v) is 11.9. The van der Waals surface area contributed by atoms with Crippen molar-refractivity contribution in [3.63, 3.8) is 0 Å². The maximum Gasteiger partial charge on any atom is 0.246 e. The molecule has 0 spiro atoms. The summed E-state index contributed by atoms with van der Waals surface area (Å²) >= 11 is 0. The van der Waals surface area contributed by atoms with Gasteiger partial charge >= 0.3 is 0 Å². The predicted octanol–water partition coefficient (Wildman–Crippen LogP) is 2.24. The highest BCUT2D eigenvalue weighted by atomic mass is 15.3. The maximum absolute atomic E-state index is 5.73. The van der Waals surface area contributed by atoms with E-state index in [0.717, 1.165) is 29.6 Å². The number of benzene rings is 1. The summed E-state index contributed by atoms with van der Waals surface area (Å²) in [5.74, 6) is 0.729. The third-order valence-electron chi connectivity index (χ3n) is 3.66. The lowest BCUT2D eigenvalue weighted by atomic mass is 10.2. The van der Waals surface area contributed by atoms with Crippen molar-refractivity contribution in [1.29, 1.82) is 0 Å². The molecule has 5 nitrogen and oxygen atoms in total. The second-order valence-corrected chi connectivity index (χ2v) is 5.38. The number of anilines is 2. The second kappa shape index (κ2) is 5.07. The molecule has 0 bridgehead atoms. The molecule has 1 heterocycles. The summed E-state index contributed by atoms with van der Waals surface area (Å²) in [5, 5.41) is 8.45. The molecule has 104 valence electrons. The Balaban J connectivity index is 1.85. The molecule has 20 heavy (non-hydrogen) atoms. The van der Waals surface area contributed by atoms with Crippen molar-refractivity contribution < 1.29 is 0 Å². The lowest BCUT2D eigenvalue weighted by Crippen LogP contribution is -2.27. The monoisotopic (exact) mass is 269 g/mol. The van der Waals surface area contributed by atoms with Gasteiger partial charge in [0.25, 0.3) is 0 Å². The molecule has 2 aromatic rings. The number of aromatic nitrogens is 3. The molecule has 5 heteroatoms. The third-order valence-corrected chi connectivity index (χ3v) is 3.66. The molecule has 0 aliphatic heterocycles. The van der Waals surface area contributed by atoms with Crippen molar-refractivity contribution in [2.75, 3.05) is 10.6 Å². The molecule has 1 aliphatic carbocycles. The van der Waals surface area contributed by atoms with Crippen LogP contribution in [0.15, 0.2) is 24.3 Å². The van der Waals surface area contributed by atoms with Gasteiger partial charge in [0, 0.05) is 18.3 Å². The van der Waals surface area contributed by atoms with Gasteiger partial charge in [-0.1, -0.05) is 12.1 Å². The summed E-state index contributed by atoms with van der Waals surface area (Å²) in [4.78, 5) is 6.82. The van der Waals surface area contributed by atoms with Crippen LogP contribution < -0.4 is 10.6 Å². The molecule has 2 N–H and O–H groups in total. The van der Waals surface area contributed by atoms with Gasteiger partial charge in [-0.2, -0.15) is 5.10 Å². The standard InChI is InChI=1S/C15H19N5/c1-10-11(2)18-19-15(17-10)20(14-7-8-14)9-12-3-5-13(16)6-4-12/h3-6,14H,7-9,16H2,1-2H3. The van der Waals surface area contributed by atoms with E-state index in [4.69, 9.17) is 5.73 Å². The van der Waals surface area contributed by atoms with Crippen molar-refractivity contribution in [3.8, 4) is 0 Å². The summed E-state index contributed by atoms with van der Waals surface area (Å²) in [5.41, 5.74) is 9.56. The highest BCUT2D eigenvalue weighted by Crippen LogP contribution is 2.31. The molecule has 1 aliphatic rings. The Labute approximate surface area is 118 Å². The minimum atomic E-state index is 0.538. The van der Waals surface area contributed by atoms with Crippen LogP contribution in [-0.2, 0) is 6.54 Å². The lowest BCUT2D eigenvalue weighted by Gasteiger charge is -2.22. The number of hydrogen-bond acceptors (Lipinski definition) is 5. The van der Waals surface area contributed by atoms with Crippen molar-refractivity contribution in [1.82, 2.24) is 15.2 Å². The van der Waals surface area contributed by atoms with E-state index in [9.17, 15) is 0 Å². The first kappa shape index (κ1) is 12.8. The number of aryl methyl sites for hydroxylation is 2. The molecule has 0 atom stereocenters. The summed E-state index contributed by atoms with van der Waals surface area (Å²) in [7, 11) is 0. The fraction of sp³-hybridized carbons (Fsp3) is 0.400. The number of nitrogen functional groups attached to an aromatic ring is 1. The van der Waals surface area contributed by atoms with Gasteiger partial charge in [0.2, 0.25) is 5.95 Å². The average Bonchev–Trinajstić information content (AvgIpc) is 3.26. The van der Waals surface area contributed by atoms with Crippen LogP contribution in [0.1, 0.15) is 29.8 Å². The highest BCUT2D eigenvalue weighted by molar-refractivity contribution is 5.42. The molecule has 3 rings (SSSR count). The van der Waals surface area contributed by atoms with Crippen LogP contribution in [0, 0.1) is 13.8 Å². The SMILES string of the molecule is Cc1nnc(N(Cc2ccc(N)cc2)C2CC2)nc1C. The Morgan fingerprint density at radius 3 is 2.40 bits per heavy atom. The van der Waals surface area contributed by atoms with Crippen molar-refractivity contribution in [2.45, 2.75) is 39.3 Å². The first-order valence-corrected chi connectivity index (χ1v) is 6.92. The van der Waals surface area contributed by atoms with Gasteiger partial charge in [-0.15, -0.1) is 5.10 Å². The Morgan fingerprint density at radius 1 is 1.10 bits per heavy atom. The van der Waals surface area contributed by atoms with Crippen LogP contribution in [0.2, 0.25) is 0 Å². The van der Waals surface area contributed by atoms with Crippen LogP contribution in [0.25, 0.3) is 0 Å². The first-order chi connectivity index (χ1) is 9.63. The van der Waals surface area contributed by atoms with Crippen LogP contribution >= 0.6 is 0 Å². The van der Waals surface area contributed by atoms with Gasteiger partial charge in [0.1, 0.15) is 0 Å². The topological polar surface area (TPSA) is 67.9 Å². The lowest BCUT2D eigenvalue weighted by molar-refractivity contribution is 0.730. The average molecular weight is 269 g/mol. The number of rotatable bonds is 4. The number of nitrogens with zero attached hydrogens (tertiary/aromatic N) is 4. The van der Waals surface area contributed by atoms with Gasteiger partial charge in [-0.05, 0) is 44.4 Å². The van der Waals surface area contributed by atoms with E-state index in [2.05, 4.69) is 32.2 Å². The van der Waals surface area contributed by atoms with E-state index in [1.807, 2.05) is 26.0 Å². The van der Waals surface area contributed by atoms with Crippen molar-refractivity contribution >= 4 is 11.6 Å². The van der Waals surface area contributed by atoms with E-state index in [-0.39, 0.29) is 0 Å². The number of hydrogen-bond donors (Lipinski definition) is 1. The van der Waals surface area contributed by atoms with Crippen molar-refractivity contribution in [3.05, 3.63) is 41.2 Å². The largest absolute Gasteiger partial charge is 0.399 e. The van der Waals surface area contributed by atoms with Crippen LogP contribution in [0.5, 0.6) is 0 Å². The van der Waals surface area contributed by atoms with Gasteiger partial charge in [0.05, 0.1) is 11.4 Å².